The van der Waals surface area contributed by atoms with E-state index in [0.29, 0.717) is 17.7 Å². The van der Waals surface area contributed by atoms with Crippen molar-refractivity contribution in [3.05, 3.63) is 11.8 Å². The standard InChI is InChI=1S/C8H11ClN2O2/c1-5-10-11-8(12-5)7-3-2-6(4-9)13-7/h6-7H,2-4H2,1H3/t6-,7-/m1/s1. The Morgan fingerprint density at radius 3 is 2.85 bits per heavy atom. The predicted octanol–water partition coefficient (Wildman–Crippen LogP) is 1.84. The van der Waals surface area contributed by atoms with Crippen LogP contribution in [-0.2, 0) is 4.74 Å². The van der Waals surface area contributed by atoms with Crippen LogP contribution in [-0.4, -0.2) is 22.2 Å². The fraction of sp³-hybridized carbons (Fsp3) is 0.750. The molecule has 2 rings (SSSR count). The molecule has 1 aliphatic rings. The molecule has 72 valence electrons. The molecule has 13 heavy (non-hydrogen) atoms. The number of halogens is 1. The number of hydrogen-bond acceptors (Lipinski definition) is 4. The van der Waals surface area contributed by atoms with Crippen molar-refractivity contribution in [1.82, 2.24) is 10.2 Å². The van der Waals surface area contributed by atoms with E-state index in [1.54, 1.807) is 6.92 Å². The Bertz CT molecular complexity index is 289. The van der Waals surface area contributed by atoms with Crippen LogP contribution in [0.25, 0.3) is 0 Å². The highest BCUT2D eigenvalue weighted by Crippen LogP contribution is 2.32. The van der Waals surface area contributed by atoms with Gasteiger partial charge < -0.3 is 9.15 Å². The maximum Gasteiger partial charge on any atom is 0.245 e. The Kier molecular flexibility index (Phi) is 2.51. The summed E-state index contributed by atoms with van der Waals surface area (Å²) in [7, 11) is 0. The molecule has 4 nitrogen and oxygen atoms in total. The Morgan fingerprint density at radius 1 is 1.46 bits per heavy atom. The zero-order chi connectivity index (χ0) is 9.26. The van der Waals surface area contributed by atoms with Crippen molar-refractivity contribution in [3.63, 3.8) is 0 Å². The molecule has 1 fully saturated rings. The van der Waals surface area contributed by atoms with Gasteiger partial charge in [-0.05, 0) is 12.8 Å². The van der Waals surface area contributed by atoms with Crippen molar-refractivity contribution in [2.45, 2.75) is 32.0 Å². The highest BCUT2D eigenvalue weighted by atomic mass is 35.5. The van der Waals surface area contributed by atoms with Crippen LogP contribution in [0.4, 0.5) is 0 Å². The molecule has 1 aliphatic heterocycles. The van der Waals surface area contributed by atoms with E-state index in [1.807, 2.05) is 0 Å². The van der Waals surface area contributed by atoms with E-state index in [-0.39, 0.29) is 12.2 Å². The van der Waals surface area contributed by atoms with Gasteiger partial charge in [0.25, 0.3) is 0 Å². The number of hydrogen-bond donors (Lipinski definition) is 0. The quantitative estimate of drug-likeness (QED) is 0.687. The molecular formula is C8H11ClN2O2. The second-order valence-electron chi connectivity index (χ2n) is 3.14. The van der Waals surface area contributed by atoms with Crippen LogP contribution < -0.4 is 0 Å². The SMILES string of the molecule is Cc1nnc([C@H]2CC[C@H](CCl)O2)o1. The molecule has 1 aromatic heterocycles. The van der Waals surface area contributed by atoms with Gasteiger partial charge in [-0.15, -0.1) is 21.8 Å². The molecule has 0 radical (unpaired) electrons. The molecular weight excluding hydrogens is 192 g/mol. The molecule has 2 atom stereocenters. The fourth-order valence-corrected chi connectivity index (χ4v) is 1.67. The van der Waals surface area contributed by atoms with Crippen molar-refractivity contribution in [1.29, 1.82) is 0 Å². The maximum absolute atomic E-state index is 5.67. The van der Waals surface area contributed by atoms with Gasteiger partial charge in [-0.2, -0.15) is 0 Å². The van der Waals surface area contributed by atoms with Crippen molar-refractivity contribution in [2.24, 2.45) is 0 Å². The van der Waals surface area contributed by atoms with Gasteiger partial charge in [0, 0.05) is 12.8 Å². The first-order chi connectivity index (χ1) is 6.29. The van der Waals surface area contributed by atoms with E-state index in [1.165, 1.54) is 0 Å². The van der Waals surface area contributed by atoms with Gasteiger partial charge in [0.2, 0.25) is 11.8 Å². The van der Waals surface area contributed by atoms with Crippen molar-refractivity contribution in [3.8, 4) is 0 Å². The Morgan fingerprint density at radius 2 is 2.31 bits per heavy atom. The third-order valence-electron chi connectivity index (χ3n) is 2.10. The van der Waals surface area contributed by atoms with E-state index < -0.39 is 0 Å². The van der Waals surface area contributed by atoms with Crippen molar-refractivity contribution in [2.75, 3.05) is 5.88 Å². The summed E-state index contributed by atoms with van der Waals surface area (Å²) in [5.74, 6) is 1.68. The third kappa shape index (κ3) is 1.84. The lowest BCUT2D eigenvalue weighted by atomic mass is 10.2. The van der Waals surface area contributed by atoms with Gasteiger partial charge in [0.05, 0.1) is 6.10 Å². The van der Waals surface area contributed by atoms with Gasteiger partial charge in [-0.25, -0.2) is 0 Å². The maximum atomic E-state index is 5.67. The lowest BCUT2D eigenvalue weighted by Crippen LogP contribution is -2.07. The number of nitrogens with zero attached hydrogens (tertiary/aromatic N) is 2. The van der Waals surface area contributed by atoms with Crippen LogP contribution in [0.3, 0.4) is 0 Å². The molecule has 0 spiro atoms. The highest BCUT2D eigenvalue weighted by Gasteiger charge is 2.29. The monoisotopic (exact) mass is 202 g/mol. The number of aromatic nitrogens is 2. The van der Waals surface area contributed by atoms with Crippen LogP contribution in [0, 0.1) is 6.92 Å². The summed E-state index contributed by atoms with van der Waals surface area (Å²) in [5, 5.41) is 7.66. The van der Waals surface area contributed by atoms with E-state index >= 15 is 0 Å². The Labute approximate surface area is 81.2 Å². The predicted molar refractivity (Wildman–Crippen MR) is 46.6 cm³/mol. The summed E-state index contributed by atoms with van der Waals surface area (Å²) < 4.78 is 10.9. The molecule has 0 bridgehead atoms. The van der Waals surface area contributed by atoms with E-state index in [4.69, 9.17) is 20.8 Å². The molecule has 5 heteroatoms. The van der Waals surface area contributed by atoms with Crippen LogP contribution in [0.5, 0.6) is 0 Å². The molecule has 2 heterocycles. The van der Waals surface area contributed by atoms with E-state index in [2.05, 4.69) is 10.2 Å². The largest absolute Gasteiger partial charge is 0.423 e. The Hall–Kier alpha value is -0.610. The van der Waals surface area contributed by atoms with E-state index in [9.17, 15) is 0 Å². The number of rotatable bonds is 2. The first-order valence-electron chi connectivity index (χ1n) is 4.31. The van der Waals surface area contributed by atoms with Crippen molar-refractivity contribution >= 4 is 11.6 Å². The molecule has 1 aromatic rings. The minimum atomic E-state index is -0.0510. The zero-order valence-electron chi connectivity index (χ0n) is 7.36. The van der Waals surface area contributed by atoms with Gasteiger partial charge in [0.1, 0.15) is 6.10 Å². The van der Waals surface area contributed by atoms with E-state index in [0.717, 1.165) is 12.8 Å². The number of aryl methyl sites for hydroxylation is 1. The first kappa shape index (κ1) is 8.97. The highest BCUT2D eigenvalue weighted by molar-refractivity contribution is 6.18. The first-order valence-corrected chi connectivity index (χ1v) is 4.84. The molecule has 0 aromatic carbocycles. The van der Waals surface area contributed by atoms with Crippen LogP contribution in [0.15, 0.2) is 4.42 Å². The lowest BCUT2D eigenvalue weighted by Gasteiger charge is -2.06. The molecule has 0 unspecified atom stereocenters. The van der Waals surface area contributed by atoms with Crippen LogP contribution in [0.1, 0.15) is 30.7 Å². The summed E-state index contributed by atoms with van der Waals surface area (Å²) in [6.45, 7) is 1.77. The molecule has 0 saturated carbocycles. The summed E-state index contributed by atoms with van der Waals surface area (Å²) in [6.07, 6.45) is 1.97. The third-order valence-corrected chi connectivity index (χ3v) is 2.44. The average molecular weight is 203 g/mol. The second kappa shape index (κ2) is 3.64. The molecule has 1 saturated heterocycles. The smallest absolute Gasteiger partial charge is 0.245 e. The molecule has 0 N–H and O–H groups in total. The number of alkyl halides is 1. The summed E-state index contributed by atoms with van der Waals surface area (Å²) in [5.41, 5.74) is 0. The second-order valence-corrected chi connectivity index (χ2v) is 3.45. The average Bonchev–Trinajstić information content (AvgIpc) is 2.71. The van der Waals surface area contributed by atoms with Crippen LogP contribution in [0.2, 0.25) is 0 Å². The minimum absolute atomic E-state index is 0.0510. The summed E-state index contributed by atoms with van der Waals surface area (Å²) in [4.78, 5) is 0. The zero-order valence-corrected chi connectivity index (χ0v) is 8.12. The van der Waals surface area contributed by atoms with Gasteiger partial charge >= 0.3 is 0 Å². The van der Waals surface area contributed by atoms with Gasteiger partial charge in [0.15, 0.2) is 0 Å². The minimum Gasteiger partial charge on any atom is -0.423 e. The summed E-state index contributed by atoms with van der Waals surface area (Å²) in [6, 6.07) is 0. The molecule has 0 amide bonds. The number of ether oxygens (including phenoxy) is 1. The summed E-state index contributed by atoms with van der Waals surface area (Å²) >= 11 is 5.67. The topological polar surface area (TPSA) is 48.2 Å². The van der Waals surface area contributed by atoms with Crippen molar-refractivity contribution < 1.29 is 9.15 Å². The molecule has 0 aliphatic carbocycles. The Balaban J connectivity index is 2.03. The van der Waals surface area contributed by atoms with Crippen LogP contribution >= 0.6 is 11.6 Å². The normalized spacial score (nSPS) is 28.2. The van der Waals surface area contributed by atoms with Gasteiger partial charge in [-0.3, -0.25) is 0 Å². The fourth-order valence-electron chi connectivity index (χ4n) is 1.44. The van der Waals surface area contributed by atoms with Gasteiger partial charge in [-0.1, -0.05) is 0 Å². The lowest BCUT2D eigenvalue weighted by molar-refractivity contribution is 0.0403.